The van der Waals surface area contributed by atoms with Crippen molar-refractivity contribution >= 4 is 27.6 Å². The Morgan fingerprint density at radius 3 is 2.50 bits per heavy atom. The molecule has 2 aliphatic rings. The molecule has 26 heavy (non-hydrogen) atoms. The molecule has 1 amide bonds. The molecular weight excluding hydrogens is 398 g/mol. The summed E-state index contributed by atoms with van der Waals surface area (Å²) in [5.74, 6) is 1.01. The van der Waals surface area contributed by atoms with Crippen molar-refractivity contribution < 1.29 is 18.7 Å². The number of ketones is 1. The van der Waals surface area contributed by atoms with Gasteiger partial charge in [-0.1, -0.05) is 0 Å². The first-order valence-corrected chi connectivity index (χ1v) is 9.54. The molecule has 0 unspecified atom stereocenters. The molecule has 0 aliphatic carbocycles. The summed E-state index contributed by atoms with van der Waals surface area (Å²) in [7, 11) is 0. The van der Waals surface area contributed by atoms with Crippen molar-refractivity contribution in [3.05, 3.63) is 51.4 Å². The number of fused-ring (bicyclic) bond motifs is 1. The van der Waals surface area contributed by atoms with Crippen LogP contribution in [-0.2, 0) is 0 Å². The van der Waals surface area contributed by atoms with Crippen LogP contribution in [-0.4, -0.2) is 35.3 Å². The Labute approximate surface area is 160 Å². The zero-order valence-electron chi connectivity index (χ0n) is 14.8. The van der Waals surface area contributed by atoms with Gasteiger partial charge < -0.3 is 14.1 Å². The van der Waals surface area contributed by atoms with Crippen LogP contribution in [0.4, 0.5) is 0 Å². The van der Waals surface area contributed by atoms with Gasteiger partial charge in [-0.3, -0.25) is 9.59 Å². The van der Waals surface area contributed by atoms with E-state index in [1.165, 1.54) is 0 Å². The Kier molecular flexibility index (Phi) is 4.18. The maximum atomic E-state index is 12.7. The number of carbonyl (C=O) groups is 2. The average Bonchev–Trinajstić information content (AvgIpc) is 3.03. The highest BCUT2D eigenvalue weighted by molar-refractivity contribution is 9.10. The Hall–Kier alpha value is -2.08. The first kappa shape index (κ1) is 17.3. The second-order valence-corrected chi connectivity index (χ2v) is 8.00. The van der Waals surface area contributed by atoms with Crippen molar-refractivity contribution in [3.63, 3.8) is 0 Å². The number of Topliss-reactive ketones (excluding diaryl/α,β-unsaturated/α-hetero) is 1. The van der Waals surface area contributed by atoms with Crippen molar-refractivity contribution in [3.8, 4) is 5.75 Å². The van der Waals surface area contributed by atoms with Gasteiger partial charge in [-0.15, -0.1) is 0 Å². The third-order valence-electron chi connectivity index (χ3n) is 5.45. The lowest BCUT2D eigenvalue weighted by Crippen LogP contribution is -2.52. The van der Waals surface area contributed by atoms with Gasteiger partial charge in [0.2, 0.25) is 0 Å². The fourth-order valence-electron chi connectivity index (χ4n) is 3.73. The van der Waals surface area contributed by atoms with Gasteiger partial charge in [0, 0.05) is 25.9 Å². The van der Waals surface area contributed by atoms with Crippen LogP contribution < -0.4 is 4.74 Å². The van der Waals surface area contributed by atoms with Crippen LogP contribution in [0.5, 0.6) is 5.75 Å². The number of carbonyl (C=O) groups excluding carboxylic acids is 2. The van der Waals surface area contributed by atoms with Crippen LogP contribution in [0.15, 0.2) is 33.4 Å². The molecule has 0 radical (unpaired) electrons. The number of rotatable bonds is 1. The van der Waals surface area contributed by atoms with Crippen molar-refractivity contribution in [2.24, 2.45) is 0 Å². The van der Waals surface area contributed by atoms with E-state index in [-0.39, 0.29) is 11.7 Å². The average molecular weight is 418 g/mol. The van der Waals surface area contributed by atoms with Crippen molar-refractivity contribution in [1.29, 1.82) is 0 Å². The molecule has 0 N–H and O–H groups in total. The van der Waals surface area contributed by atoms with E-state index in [0.29, 0.717) is 54.1 Å². The number of nitrogens with zero attached hydrogens (tertiary/aromatic N) is 1. The minimum absolute atomic E-state index is 0.125. The predicted molar refractivity (Wildman–Crippen MR) is 99.8 cm³/mol. The third kappa shape index (κ3) is 2.96. The van der Waals surface area contributed by atoms with Gasteiger partial charge in [0.05, 0.1) is 12.0 Å². The first-order chi connectivity index (χ1) is 12.4. The quantitative estimate of drug-likeness (QED) is 0.693. The topological polar surface area (TPSA) is 59.8 Å². The second-order valence-electron chi connectivity index (χ2n) is 7.21. The smallest absolute Gasteiger partial charge is 0.289 e. The van der Waals surface area contributed by atoms with Gasteiger partial charge in [0.1, 0.15) is 11.4 Å². The Bertz CT molecular complexity index is 893. The molecule has 0 atom stereocenters. The predicted octanol–water partition coefficient (Wildman–Crippen LogP) is 4.30. The number of ether oxygens (including phenoxy) is 1. The van der Waals surface area contributed by atoms with Crippen LogP contribution in [0.3, 0.4) is 0 Å². The Morgan fingerprint density at radius 2 is 1.85 bits per heavy atom. The van der Waals surface area contributed by atoms with E-state index in [9.17, 15) is 9.59 Å². The number of halogens is 1. The fourth-order valence-corrected chi connectivity index (χ4v) is 4.04. The van der Waals surface area contributed by atoms with Crippen LogP contribution in [0, 0.1) is 13.8 Å². The molecule has 3 heterocycles. The maximum absolute atomic E-state index is 12.7. The number of aryl methyl sites for hydroxylation is 2. The molecule has 1 aromatic carbocycles. The number of amides is 1. The number of furan rings is 1. The molecule has 2 aromatic rings. The number of benzene rings is 1. The zero-order valence-corrected chi connectivity index (χ0v) is 16.4. The first-order valence-electron chi connectivity index (χ1n) is 8.75. The van der Waals surface area contributed by atoms with Gasteiger partial charge in [-0.25, -0.2) is 0 Å². The van der Waals surface area contributed by atoms with Crippen molar-refractivity contribution in [1.82, 2.24) is 4.90 Å². The summed E-state index contributed by atoms with van der Waals surface area (Å²) in [6.45, 7) is 5.12. The summed E-state index contributed by atoms with van der Waals surface area (Å²) in [4.78, 5) is 27.0. The lowest BCUT2D eigenvalue weighted by Gasteiger charge is -2.43. The van der Waals surface area contributed by atoms with Gasteiger partial charge in [-0.05, 0) is 65.2 Å². The molecule has 5 nitrogen and oxygen atoms in total. The van der Waals surface area contributed by atoms with E-state index in [1.54, 1.807) is 17.0 Å². The van der Waals surface area contributed by atoms with Crippen LogP contribution in [0.25, 0.3) is 0 Å². The van der Waals surface area contributed by atoms with Crippen molar-refractivity contribution in [2.75, 3.05) is 13.1 Å². The zero-order chi connectivity index (χ0) is 18.5. The highest BCUT2D eigenvalue weighted by atomic mass is 79.9. The molecule has 1 fully saturated rings. The highest BCUT2D eigenvalue weighted by Crippen LogP contribution is 2.40. The summed E-state index contributed by atoms with van der Waals surface area (Å²) in [5.41, 5.74) is 2.38. The van der Waals surface area contributed by atoms with E-state index in [4.69, 9.17) is 9.15 Å². The third-order valence-corrected chi connectivity index (χ3v) is 5.88. The molecule has 136 valence electrons. The second kappa shape index (κ2) is 6.27. The number of likely N-dealkylation sites (tertiary alicyclic amines) is 1. The minimum atomic E-state index is -0.508. The van der Waals surface area contributed by atoms with Gasteiger partial charge in [0.25, 0.3) is 5.91 Å². The monoisotopic (exact) mass is 417 g/mol. The van der Waals surface area contributed by atoms with Gasteiger partial charge >= 0.3 is 0 Å². The van der Waals surface area contributed by atoms with Crippen LogP contribution in [0.2, 0.25) is 0 Å². The number of piperidine rings is 1. The molecule has 0 saturated carbocycles. The number of hydrogen-bond donors (Lipinski definition) is 0. The lowest BCUT2D eigenvalue weighted by molar-refractivity contribution is -0.00649. The normalized spacial score (nSPS) is 18.6. The number of hydrogen-bond acceptors (Lipinski definition) is 4. The maximum Gasteiger partial charge on any atom is 0.289 e. The molecule has 2 aliphatic heterocycles. The van der Waals surface area contributed by atoms with E-state index in [2.05, 4.69) is 15.9 Å². The summed E-state index contributed by atoms with van der Waals surface area (Å²) >= 11 is 3.22. The highest BCUT2D eigenvalue weighted by Gasteiger charge is 2.44. The SMILES string of the molecule is Cc1cc2c(cc1C)C(=O)CC1(CCN(C(=O)c3ccc(Br)o3)CC1)O2. The Balaban J connectivity index is 1.51. The molecule has 1 spiro atoms. The molecule has 1 aromatic heterocycles. The lowest BCUT2D eigenvalue weighted by atomic mass is 9.82. The van der Waals surface area contributed by atoms with Crippen LogP contribution >= 0.6 is 15.9 Å². The molecule has 6 heteroatoms. The molecule has 1 saturated heterocycles. The van der Waals surface area contributed by atoms with E-state index in [1.807, 2.05) is 26.0 Å². The molecule has 4 rings (SSSR count). The molecule has 0 bridgehead atoms. The summed E-state index contributed by atoms with van der Waals surface area (Å²) in [5, 5.41) is 0. The standard InChI is InChI=1S/C20H20BrNO4/c1-12-9-14-15(23)11-20(26-17(14)10-13(12)2)5-7-22(8-6-20)19(24)16-3-4-18(21)25-16/h3-4,9-10H,5-8,11H2,1-2H3. The molecular formula is C20H20BrNO4. The largest absolute Gasteiger partial charge is 0.486 e. The van der Waals surface area contributed by atoms with E-state index >= 15 is 0 Å². The van der Waals surface area contributed by atoms with Gasteiger partial charge in [-0.2, -0.15) is 0 Å². The minimum Gasteiger partial charge on any atom is -0.486 e. The van der Waals surface area contributed by atoms with Gasteiger partial charge in [0.15, 0.2) is 16.2 Å². The van der Waals surface area contributed by atoms with Crippen LogP contribution in [0.1, 0.15) is 51.3 Å². The summed E-state index contributed by atoms with van der Waals surface area (Å²) in [6, 6.07) is 7.26. The Morgan fingerprint density at radius 1 is 1.15 bits per heavy atom. The summed E-state index contributed by atoms with van der Waals surface area (Å²) < 4.78 is 12.2. The van der Waals surface area contributed by atoms with E-state index in [0.717, 1.165) is 11.1 Å². The fraction of sp³-hybridized carbons (Fsp3) is 0.400. The van der Waals surface area contributed by atoms with Crippen molar-refractivity contribution in [2.45, 2.75) is 38.7 Å². The van der Waals surface area contributed by atoms with E-state index < -0.39 is 5.60 Å². The summed E-state index contributed by atoms with van der Waals surface area (Å²) in [6.07, 6.45) is 1.65.